The van der Waals surface area contributed by atoms with Gasteiger partial charge < -0.3 is 9.47 Å². The fourth-order valence-corrected chi connectivity index (χ4v) is 2.01. The molecular weight excluding hydrogens is 216 g/mol. The van der Waals surface area contributed by atoms with Crippen LogP contribution in [0, 0.1) is 6.61 Å². The molecule has 0 amide bonds. The molecule has 0 saturated heterocycles. The van der Waals surface area contributed by atoms with Crippen LogP contribution in [0.25, 0.3) is 0 Å². The number of hydrogen-bond acceptors (Lipinski definition) is 2. The van der Waals surface area contributed by atoms with Gasteiger partial charge in [-0.3, -0.25) is 0 Å². The largest absolute Gasteiger partial charge is 0.496 e. The first-order chi connectivity index (χ1) is 7.53. The fourth-order valence-electron chi connectivity index (χ4n) is 1.28. The van der Waals surface area contributed by atoms with Crippen molar-refractivity contribution in [2.75, 3.05) is 13.7 Å². The molecule has 0 unspecified atom stereocenters. The van der Waals surface area contributed by atoms with Crippen molar-refractivity contribution in [2.24, 2.45) is 0 Å². The van der Waals surface area contributed by atoms with Crippen molar-refractivity contribution in [1.82, 2.24) is 0 Å². The van der Waals surface area contributed by atoms with E-state index in [2.05, 4.69) is 19.6 Å². The molecule has 1 aromatic carbocycles. The summed E-state index contributed by atoms with van der Waals surface area (Å²) in [5, 5.41) is 0. The lowest BCUT2D eigenvalue weighted by molar-refractivity contribution is 0.226. The molecular formula is C13H21O2Si. The monoisotopic (exact) mass is 237 g/mol. The van der Waals surface area contributed by atoms with Crippen LogP contribution in [-0.4, -0.2) is 21.8 Å². The quantitative estimate of drug-likeness (QED) is 0.556. The lowest BCUT2D eigenvalue weighted by Gasteiger charge is -2.15. The number of rotatable bonds is 6. The minimum atomic E-state index is -0.994. The minimum absolute atomic E-state index is 0.799. The molecule has 0 aliphatic heterocycles. The Morgan fingerprint density at radius 1 is 1.19 bits per heavy atom. The number of benzene rings is 1. The van der Waals surface area contributed by atoms with E-state index in [0.29, 0.717) is 0 Å². The maximum Gasteiger partial charge on any atom is 0.124 e. The number of hydrogen-bond donors (Lipinski definition) is 0. The van der Waals surface area contributed by atoms with E-state index in [4.69, 9.17) is 9.47 Å². The highest BCUT2D eigenvalue weighted by Gasteiger charge is 2.12. The Bertz CT molecular complexity index is 318. The summed E-state index contributed by atoms with van der Waals surface area (Å²) < 4.78 is 10.8. The summed E-state index contributed by atoms with van der Waals surface area (Å²) in [7, 11) is 0.682. The molecule has 0 aromatic heterocycles. The van der Waals surface area contributed by atoms with Gasteiger partial charge in [0.1, 0.15) is 12.4 Å². The fraction of sp³-hybridized carbons (Fsp3) is 0.462. The average molecular weight is 237 g/mol. The highest BCUT2D eigenvalue weighted by atomic mass is 28.3. The van der Waals surface area contributed by atoms with Crippen LogP contribution in [0.2, 0.25) is 25.7 Å². The van der Waals surface area contributed by atoms with Gasteiger partial charge in [-0.25, -0.2) is 0 Å². The molecule has 0 heterocycles. The van der Waals surface area contributed by atoms with Crippen molar-refractivity contribution in [3.05, 3.63) is 36.4 Å². The Morgan fingerprint density at radius 2 is 1.88 bits per heavy atom. The summed E-state index contributed by atoms with van der Waals surface area (Å²) in [6.07, 6.45) is 0. The standard InChI is InChI=1S/C13H21O2Si/c1-14-13-8-6-5-7-12(13)11-15-9-10-16(2,3)4/h5-8,11H,9-10H2,1-4H3. The van der Waals surface area contributed by atoms with Crippen molar-refractivity contribution in [1.29, 1.82) is 0 Å². The highest BCUT2D eigenvalue weighted by molar-refractivity contribution is 6.76. The predicted octanol–water partition coefficient (Wildman–Crippen LogP) is 3.56. The van der Waals surface area contributed by atoms with E-state index >= 15 is 0 Å². The van der Waals surface area contributed by atoms with Gasteiger partial charge in [0.25, 0.3) is 0 Å². The maximum atomic E-state index is 5.57. The van der Waals surface area contributed by atoms with Gasteiger partial charge in [-0.05, 0) is 12.1 Å². The molecule has 2 nitrogen and oxygen atoms in total. The number of para-hydroxylation sites is 1. The first kappa shape index (κ1) is 13.3. The second-order valence-corrected chi connectivity index (χ2v) is 10.7. The highest BCUT2D eigenvalue weighted by Crippen LogP contribution is 2.19. The van der Waals surface area contributed by atoms with Crippen LogP contribution < -0.4 is 4.74 Å². The molecule has 0 saturated carbocycles. The van der Waals surface area contributed by atoms with Crippen molar-refractivity contribution in [3.8, 4) is 5.75 Å². The summed E-state index contributed by atoms with van der Waals surface area (Å²) in [5.74, 6) is 0.857. The van der Waals surface area contributed by atoms with Crippen LogP contribution in [0.1, 0.15) is 5.56 Å². The summed E-state index contributed by atoms with van der Waals surface area (Å²) in [5.41, 5.74) is 1.00. The maximum absolute atomic E-state index is 5.57. The number of ether oxygens (including phenoxy) is 2. The lowest BCUT2D eigenvalue weighted by atomic mass is 10.2. The third-order valence-electron chi connectivity index (χ3n) is 2.32. The minimum Gasteiger partial charge on any atom is -0.496 e. The van der Waals surface area contributed by atoms with Crippen LogP contribution in [0.3, 0.4) is 0 Å². The van der Waals surface area contributed by atoms with Crippen LogP contribution in [0.15, 0.2) is 24.3 Å². The van der Waals surface area contributed by atoms with Gasteiger partial charge in [-0.15, -0.1) is 0 Å². The van der Waals surface area contributed by atoms with Gasteiger partial charge in [-0.1, -0.05) is 37.8 Å². The first-order valence-electron chi connectivity index (χ1n) is 5.61. The molecule has 89 valence electrons. The topological polar surface area (TPSA) is 18.5 Å². The lowest BCUT2D eigenvalue weighted by Crippen LogP contribution is -2.21. The van der Waals surface area contributed by atoms with Gasteiger partial charge in [0.2, 0.25) is 0 Å². The SMILES string of the molecule is COc1ccccc1[CH]OCC[Si](C)(C)C. The molecule has 16 heavy (non-hydrogen) atoms. The zero-order chi connectivity index (χ0) is 12.0. The Hall–Kier alpha value is -0.803. The Morgan fingerprint density at radius 3 is 2.50 bits per heavy atom. The summed E-state index contributed by atoms with van der Waals surface area (Å²) in [4.78, 5) is 0. The van der Waals surface area contributed by atoms with E-state index in [1.165, 1.54) is 6.04 Å². The van der Waals surface area contributed by atoms with E-state index in [-0.39, 0.29) is 0 Å². The molecule has 1 aromatic rings. The van der Waals surface area contributed by atoms with Crippen LogP contribution in [-0.2, 0) is 4.74 Å². The van der Waals surface area contributed by atoms with Gasteiger partial charge >= 0.3 is 0 Å². The third-order valence-corrected chi connectivity index (χ3v) is 4.02. The smallest absolute Gasteiger partial charge is 0.124 e. The van der Waals surface area contributed by atoms with Crippen molar-refractivity contribution >= 4 is 8.07 Å². The molecule has 0 N–H and O–H groups in total. The Labute approximate surface area is 99.6 Å². The van der Waals surface area contributed by atoms with Crippen LogP contribution >= 0.6 is 0 Å². The summed E-state index contributed by atoms with van der Waals surface area (Å²) in [6.45, 7) is 9.63. The summed E-state index contributed by atoms with van der Waals surface area (Å²) >= 11 is 0. The third kappa shape index (κ3) is 4.81. The molecule has 1 rings (SSSR count). The molecule has 3 heteroatoms. The zero-order valence-corrected chi connectivity index (χ0v) is 11.6. The zero-order valence-electron chi connectivity index (χ0n) is 10.6. The molecule has 0 fully saturated rings. The Kier molecular flexibility index (Phi) is 5.02. The molecule has 0 spiro atoms. The molecule has 1 radical (unpaired) electrons. The van der Waals surface area contributed by atoms with Gasteiger partial charge in [0, 0.05) is 20.2 Å². The van der Waals surface area contributed by atoms with Crippen molar-refractivity contribution in [3.63, 3.8) is 0 Å². The van der Waals surface area contributed by atoms with E-state index in [9.17, 15) is 0 Å². The second kappa shape index (κ2) is 6.06. The van der Waals surface area contributed by atoms with E-state index in [1.54, 1.807) is 13.7 Å². The van der Waals surface area contributed by atoms with Gasteiger partial charge in [0.15, 0.2) is 0 Å². The molecule has 0 aliphatic rings. The van der Waals surface area contributed by atoms with E-state index in [1.807, 2.05) is 24.3 Å². The normalized spacial score (nSPS) is 11.5. The van der Waals surface area contributed by atoms with Crippen LogP contribution in [0.4, 0.5) is 0 Å². The van der Waals surface area contributed by atoms with Gasteiger partial charge in [-0.2, -0.15) is 0 Å². The first-order valence-corrected chi connectivity index (χ1v) is 9.31. The molecule has 0 aliphatic carbocycles. The molecule has 0 atom stereocenters. The average Bonchev–Trinajstić information content (AvgIpc) is 2.23. The molecule has 0 bridgehead atoms. The van der Waals surface area contributed by atoms with Crippen molar-refractivity contribution in [2.45, 2.75) is 25.7 Å². The van der Waals surface area contributed by atoms with Gasteiger partial charge in [0.05, 0.1) is 7.11 Å². The Balaban J connectivity index is 2.37. The van der Waals surface area contributed by atoms with Crippen molar-refractivity contribution < 1.29 is 9.47 Å². The predicted molar refractivity (Wildman–Crippen MR) is 70.5 cm³/mol. The van der Waals surface area contributed by atoms with E-state index in [0.717, 1.165) is 17.9 Å². The second-order valence-electron chi connectivity index (χ2n) is 5.04. The van der Waals surface area contributed by atoms with Crippen LogP contribution in [0.5, 0.6) is 5.75 Å². The summed E-state index contributed by atoms with van der Waals surface area (Å²) in [6, 6.07) is 9.05. The number of methoxy groups -OCH3 is 1. The van der Waals surface area contributed by atoms with E-state index < -0.39 is 8.07 Å².